The molecule has 4 rings (SSSR count). The summed E-state index contributed by atoms with van der Waals surface area (Å²) in [7, 11) is 0. The Kier molecular flexibility index (Phi) is 20.9. The molecule has 4 aliphatic rings. The number of nitrogens with one attached hydrogen (secondary N) is 3. The Labute approximate surface area is 369 Å². The number of aliphatic hydroxyl groups excluding tert-OH is 15. The molecule has 4 aliphatic heterocycles. The van der Waals surface area contributed by atoms with Gasteiger partial charge in [-0.2, -0.15) is 0 Å². The molecule has 4 saturated heterocycles. The molecule has 4 fully saturated rings. The van der Waals surface area contributed by atoms with Gasteiger partial charge in [0.15, 0.2) is 25.2 Å². The molecule has 0 bridgehead atoms. The summed E-state index contributed by atoms with van der Waals surface area (Å²) in [6.07, 6.45) is -39.6. The maximum atomic E-state index is 12.4. The molecular weight excluding hydrogens is 890 g/mol. The van der Waals surface area contributed by atoms with Crippen LogP contribution >= 0.6 is 0 Å². The monoisotopic (exact) mass is 953 g/mol. The second-order valence-corrected chi connectivity index (χ2v) is 16.0. The Hall–Kier alpha value is -2.51. The van der Waals surface area contributed by atoms with Crippen LogP contribution in [0.25, 0.3) is 0 Å². The highest BCUT2D eigenvalue weighted by Gasteiger charge is 2.56. The first-order chi connectivity index (χ1) is 30.6. The summed E-state index contributed by atoms with van der Waals surface area (Å²) < 4.78 is 46.2. The molecule has 0 aromatic carbocycles. The maximum absolute atomic E-state index is 12.4. The number of aliphatic hydroxyl groups is 15. The molecule has 24 atom stereocenters. The SMILES string of the molecule is CC(=O)N[C@H]1[C@H](O[C@@H]([C@@H](O)[C@H](O)CO)[C@@H](O)CO)O[C@H](CO)[C@@H](O[C@@H]2O[C@H](CO[C@@H]3O[C@H](CO)[C@@H](O)[C@H](O)[C@H]3NC(C)=O)[C@H](O)[C@H](O[C@@H]3O[C@H](CO)[C@@H](O)[C@H](O)[C@H]3NC(C)=O)[C@H]2O)[C@@H]1O. The van der Waals surface area contributed by atoms with Gasteiger partial charge in [-0.15, -0.1) is 0 Å². The van der Waals surface area contributed by atoms with Gasteiger partial charge in [-0.1, -0.05) is 0 Å². The fourth-order valence-electron chi connectivity index (χ4n) is 7.74. The minimum absolute atomic E-state index is 0.717. The smallest absolute Gasteiger partial charge is 0.217 e. The van der Waals surface area contributed by atoms with Crippen LogP contribution in [0.1, 0.15) is 20.8 Å². The molecule has 0 aromatic heterocycles. The first-order valence-corrected chi connectivity index (χ1v) is 20.5. The quantitative estimate of drug-likeness (QED) is 0.0539. The van der Waals surface area contributed by atoms with Crippen LogP contribution < -0.4 is 16.0 Å². The number of carbonyl (C=O) groups is 3. The summed E-state index contributed by atoms with van der Waals surface area (Å²) in [6, 6.07) is -4.90. The number of hydrogen-bond acceptors (Lipinski definition) is 26. The van der Waals surface area contributed by atoms with Crippen LogP contribution in [0, 0.1) is 0 Å². The summed E-state index contributed by atoms with van der Waals surface area (Å²) in [5.74, 6) is -2.33. The third-order valence-electron chi connectivity index (χ3n) is 11.1. The lowest BCUT2D eigenvalue weighted by atomic mass is 9.94. The van der Waals surface area contributed by atoms with E-state index < -0.39 is 204 Å². The molecule has 0 aliphatic carbocycles. The molecule has 29 nitrogen and oxygen atoms in total. The molecule has 4 heterocycles. The van der Waals surface area contributed by atoms with Gasteiger partial charge in [0, 0.05) is 20.8 Å². The third-order valence-corrected chi connectivity index (χ3v) is 11.1. The minimum atomic E-state index is -2.22. The van der Waals surface area contributed by atoms with Gasteiger partial charge >= 0.3 is 0 Å². The molecule has 3 amide bonds. The predicted octanol–water partition coefficient (Wildman–Crippen LogP) is -11.9. The van der Waals surface area contributed by atoms with E-state index in [9.17, 15) is 91.0 Å². The number of carbonyl (C=O) groups excluding carboxylic acids is 3. The molecule has 65 heavy (non-hydrogen) atoms. The molecule has 378 valence electrons. The van der Waals surface area contributed by atoms with E-state index in [4.69, 9.17) is 37.9 Å². The number of ether oxygens (including phenoxy) is 8. The largest absolute Gasteiger partial charge is 0.394 e. The lowest BCUT2D eigenvalue weighted by molar-refractivity contribution is -0.376. The van der Waals surface area contributed by atoms with Crippen molar-refractivity contribution >= 4 is 17.7 Å². The van der Waals surface area contributed by atoms with Gasteiger partial charge in [-0.05, 0) is 0 Å². The standard InChI is InChI=1S/C36H63N3O26/c1-10(45)37-19-26(54)23(51)15(6-42)59-33(19)58-9-18-25(53)32(65-34-20(38-11(2)46)27(55)24(52)16(7-43)60-34)29(57)36(62-18)64-31-17(8-44)61-35(21(28(31)56)39-12(3)47)63-30(14(49)5-41)22(50)13(48)4-40/h13-36,40-44,48-57H,4-9H2,1-3H3,(H,37,45)(H,38,46)(H,39,47)/t13-,14+,15-,16-,17-,18-,19-,20-,21-,22+,23-,24-,25+,26-,27-,28-,29-,30-,31-,32+,33-,34+,35+,36+/m1/s1. The van der Waals surface area contributed by atoms with Gasteiger partial charge in [0.05, 0.1) is 39.6 Å². The molecule has 0 aromatic rings. The van der Waals surface area contributed by atoms with Gasteiger partial charge in [-0.3, -0.25) is 14.4 Å². The fourth-order valence-corrected chi connectivity index (χ4v) is 7.74. The number of amides is 3. The van der Waals surface area contributed by atoms with E-state index in [1.807, 2.05) is 0 Å². The zero-order valence-corrected chi connectivity index (χ0v) is 35.3. The van der Waals surface area contributed by atoms with Crippen molar-refractivity contribution in [1.82, 2.24) is 16.0 Å². The van der Waals surface area contributed by atoms with Crippen LogP contribution in [-0.4, -0.2) is 281 Å². The highest BCUT2D eigenvalue weighted by atomic mass is 16.8. The van der Waals surface area contributed by atoms with Crippen LogP contribution in [0.3, 0.4) is 0 Å². The molecule has 29 heteroatoms. The average molecular weight is 954 g/mol. The van der Waals surface area contributed by atoms with E-state index in [-0.39, 0.29) is 0 Å². The van der Waals surface area contributed by atoms with Crippen LogP contribution in [0.15, 0.2) is 0 Å². The molecule has 0 radical (unpaired) electrons. The highest BCUT2D eigenvalue weighted by Crippen LogP contribution is 2.34. The Morgan fingerprint density at radius 1 is 0.492 bits per heavy atom. The molecular formula is C36H63N3O26. The molecule has 0 unspecified atom stereocenters. The maximum Gasteiger partial charge on any atom is 0.217 e. The summed E-state index contributed by atoms with van der Waals surface area (Å²) >= 11 is 0. The van der Waals surface area contributed by atoms with Gasteiger partial charge < -0.3 is 130 Å². The molecule has 0 saturated carbocycles. The Balaban J connectivity index is 1.71. The summed E-state index contributed by atoms with van der Waals surface area (Å²) in [6.45, 7) is -2.65. The normalized spacial score (nSPS) is 42.0. The first-order valence-electron chi connectivity index (χ1n) is 20.5. The average Bonchev–Trinajstić information content (AvgIpc) is 3.26. The van der Waals surface area contributed by atoms with Gasteiger partial charge in [0.1, 0.15) is 122 Å². The summed E-state index contributed by atoms with van der Waals surface area (Å²) in [4.78, 5) is 36.6. The van der Waals surface area contributed by atoms with Crippen molar-refractivity contribution in [3.05, 3.63) is 0 Å². The third kappa shape index (κ3) is 13.2. The van der Waals surface area contributed by atoms with Crippen molar-refractivity contribution in [2.45, 2.75) is 168 Å². The summed E-state index contributed by atoms with van der Waals surface area (Å²) in [5, 5.41) is 165. The van der Waals surface area contributed by atoms with Crippen LogP contribution in [0.4, 0.5) is 0 Å². The van der Waals surface area contributed by atoms with Crippen LogP contribution in [0.5, 0.6) is 0 Å². The number of rotatable bonds is 20. The number of hydrogen-bond donors (Lipinski definition) is 18. The second kappa shape index (κ2) is 24.7. The zero-order chi connectivity index (χ0) is 48.6. The zero-order valence-electron chi connectivity index (χ0n) is 35.3. The van der Waals surface area contributed by atoms with E-state index >= 15 is 0 Å². The van der Waals surface area contributed by atoms with Gasteiger partial charge in [0.2, 0.25) is 17.7 Å². The van der Waals surface area contributed by atoms with Crippen molar-refractivity contribution in [3.63, 3.8) is 0 Å². The fraction of sp³-hybridized carbons (Fsp3) is 0.917. The van der Waals surface area contributed by atoms with Crippen LogP contribution in [0.2, 0.25) is 0 Å². The Morgan fingerprint density at radius 2 is 0.923 bits per heavy atom. The lowest BCUT2D eigenvalue weighted by Gasteiger charge is -2.50. The van der Waals surface area contributed by atoms with Crippen molar-refractivity contribution in [1.29, 1.82) is 0 Å². The Bertz CT molecular complexity index is 1510. The van der Waals surface area contributed by atoms with E-state index in [0.29, 0.717) is 0 Å². The van der Waals surface area contributed by atoms with Crippen molar-refractivity contribution in [3.8, 4) is 0 Å². The lowest BCUT2D eigenvalue weighted by Crippen LogP contribution is -2.70. The van der Waals surface area contributed by atoms with Crippen molar-refractivity contribution < 1.29 is 129 Å². The van der Waals surface area contributed by atoms with E-state index in [2.05, 4.69) is 16.0 Å². The molecule has 18 N–H and O–H groups in total. The van der Waals surface area contributed by atoms with Gasteiger partial charge in [-0.25, -0.2) is 0 Å². The van der Waals surface area contributed by atoms with Gasteiger partial charge in [0.25, 0.3) is 0 Å². The topological polar surface area (TPSA) is 465 Å². The van der Waals surface area contributed by atoms with E-state index in [1.165, 1.54) is 0 Å². The summed E-state index contributed by atoms with van der Waals surface area (Å²) in [5.41, 5.74) is 0. The highest BCUT2D eigenvalue weighted by molar-refractivity contribution is 5.74. The van der Waals surface area contributed by atoms with Crippen molar-refractivity contribution in [2.75, 3.05) is 39.6 Å². The minimum Gasteiger partial charge on any atom is -0.394 e. The first kappa shape index (κ1) is 55.1. The van der Waals surface area contributed by atoms with Crippen molar-refractivity contribution in [2.24, 2.45) is 0 Å². The second-order valence-electron chi connectivity index (χ2n) is 16.0. The Morgan fingerprint density at radius 3 is 1.40 bits per heavy atom. The molecule has 0 spiro atoms. The predicted molar refractivity (Wildman–Crippen MR) is 204 cm³/mol. The van der Waals surface area contributed by atoms with E-state index in [1.54, 1.807) is 0 Å². The van der Waals surface area contributed by atoms with E-state index in [0.717, 1.165) is 20.8 Å². The van der Waals surface area contributed by atoms with Crippen LogP contribution in [-0.2, 0) is 52.3 Å².